The molecule has 22 heavy (non-hydrogen) atoms. The van der Waals surface area contributed by atoms with E-state index in [9.17, 15) is 15.0 Å². The molecule has 0 fully saturated rings. The van der Waals surface area contributed by atoms with Gasteiger partial charge in [0, 0.05) is 36.6 Å². The van der Waals surface area contributed by atoms with Crippen molar-refractivity contribution in [1.29, 1.82) is 0 Å². The number of hydrogen-bond donors (Lipinski definition) is 2. The second-order valence-electron chi connectivity index (χ2n) is 4.93. The number of hydrogen-bond acceptors (Lipinski definition) is 5. The van der Waals surface area contributed by atoms with Gasteiger partial charge in [-0.3, -0.25) is 4.79 Å². The summed E-state index contributed by atoms with van der Waals surface area (Å²) in [6, 6.07) is 9.66. The molecule has 1 aliphatic heterocycles. The van der Waals surface area contributed by atoms with Gasteiger partial charge in [-0.25, -0.2) is 0 Å². The molecule has 0 radical (unpaired) electrons. The Hall–Kier alpha value is -2.95. The molecular weight excluding hydrogens is 284 g/mol. The van der Waals surface area contributed by atoms with Crippen molar-refractivity contribution >= 4 is 11.7 Å². The molecule has 5 nitrogen and oxygen atoms in total. The maximum Gasteiger partial charge on any atom is 0.308 e. The van der Waals surface area contributed by atoms with Crippen LogP contribution in [0.15, 0.2) is 42.5 Å². The quantitative estimate of drug-likeness (QED) is 0.658. The van der Waals surface area contributed by atoms with Gasteiger partial charge in [0.2, 0.25) is 0 Å². The minimum absolute atomic E-state index is 0.00973. The van der Waals surface area contributed by atoms with E-state index >= 15 is 0 Å². The number of carbonyl (C=O) groups is 1. The van der Waals surface area contributed by atoms with Gasteiger partial charge in [-0.2, -0.15) is 0 Å². The number of fused-ring (bicyclic) bond motifs is 1. The van der Waals surface area contributed by atoms with Crippen LogP contribution in [0.1, 0.15) is 18.1 Å². The van der Waals surface area contributed by atoms with Crippen LogP contribution in [-0.4, -0.2) is 16.2 Å². The van der Waals surface area contributed by atoms with Crippen molar-refractivity contribution in [3.8, 4) is 23.0 Å². The monoisotopic (exact) mass is 298 g/mol. The molecule has 2 aromatic rings. The molecule has 0 aromatic heterocycles. The van der Waals surface area contributed by atoms with Gasteiger partial charge in [-0.1, -0.05) is 0 Å². The summed E-state index contributed by atoms with van der Waals surface area (Å²) in [4.78, 5) is 10.9. The number of phenolic OH excluding ortho intramolecular Hbond substituents is 2. The van der Waals surface area contributed by atoms with Crippen molar-refractivity contribution < 1.29 is 24.5 Å². The van der Waals surface area contributed by atoms with Crippen LogP contribution in [0.5, 0.6) is 23.0 Å². The van der Waals surface area contributed by atoms with Crippen LogP contribution >= 0.6 is 0 Å². The highest BCUT2D eigenvalue weighted by Gasteiger charge is 2.18. The van der Waals surface area contributed by atoms with Crippen LogP contribution < -0.4 is 9.47 Å². The lowest BCUT2D eigenvalue weighted by Gasteiger charge is -2.19. The summed E-state index contributed by atoms with van der Waals surface area (Å²) in [7, 11) is 0. The SMILES string of the molecule is CC(=O)Oc1ccc(C2=CCc3c(O)cc(O)cc3O2)cc1. The molecule has 1 aliphatic rings. The van der Waals surface area contributed by atoms with Crippen molar-refractivity contribution in [2.45, 2.75) is 13.3 Å². The summed E-state index contributed by atoms with van der Waals surface area (Å²) in [5, 5.41) is 19.3. The molecule has 2 N–H and O–H groups in total. The van der Waals surface area contributed by atoms with E-state index in [0.717, 1.165) is 5.56 Å². The van der Waals surface area contributed by atoms with Crippen molar-refractivity contribution in [3.05, 3.63) is 53.6 Å². The molecule has 0 saturated carbocycles. The Morgan fingerprint density at radius 2 is 1.91 bits per heavy atom. The number of benzene rings is 2. The molecule has 3 rings (SSSR count). The molecule has 0 unspecified atom stereocenters. The largest absolute Gasteiger partial charge is 0.508 e. The highest BCUT2D eigenvalue weighted by atomic mass is 16.5. The number of esters is 1. The first-order valence-electron chi connectivity index (χ1n) is 6.74. The van der Waals surface area contributed by atoms with Crippen LogP contribution in [0.4, 0.5) is 0 Å². The maximum atomic E-state index is 10.9. The predicted molar refractivity (Wildman–Crippen MR) is 79.8 cm³/mol. The number of phenols is 2. The highest BCUT2D eigenvalue weighted by molar-refractivity contribution is 5.70. The van der Waals surface area contributed by atoms with Gasteiger partial charge in [-0.15, -0.1) is 0 Å². The van der Waals surface area contributed by atoms with Gasteiger partial charge < -0.3 is 19.7 Å². The fourth-order valence-electron chi connectivity index (χ4n) is 2.30. The molecule has 0 saturated heterocycles. The van der Waals surface area contributed by atoms with E-state index in [1.807, 2.05) is 6.08 Å². The Morgan fingerprint density at radius 1 is 1.18 bits per heavy atom. The average molecular weight is 298 g/mol. The molecule has 5 heteroatoms. The Morgan fingerprint density at radius 3 is 2.59 bits per heavy atom. The topological polar surface area (TPSA) is 76.0 Å². The molecule has 0 aliphatic carbocycles. The number of allylic oxidation sites excluding steroid dienone is 1. The first kappa shape index (κ1) is 14.0. The minimum atomic E-state index is -0.374. The van der Waals surface area contributed by atoms with Crippen LogP contribution in [0.2, 0.25) is 0 Å². The summed E-state index contributed by atoms with van der Waals surface area (Å²) < 4.78 is 10.7. The minimum Gasteiger partial charge on any atom is -0.508 e. The van der Waals surface area contributed by atoms with Gasteiger partial charge >= 0.3 is 5.97 Å². The predicted octanol–water partition coefficient (Wildman–Crippen LogP) is 3.00. The summed E-state index contributed by atoms with van der Waals surface area (Å²) in [5.74, 6) is 1.09. The van der Waals surface area contributed by atoms with Crippen LogP contribution in [0, 0.1) is 0 Å². The lowest BCUT2D eigenvalue weighted by atomic mass is 10.0. The van der Waals surface area contributed by atoms with Gasteiger partial charge in [0.05, 0.1) is 0 Å². The van der Waals surface area contributed by atoms with Gasteiger partial charge in [0.15, 0.2) is 0 Å². The fourth-order valence-corrected chi connectivity index (χ4v) is 2.30. The lowest BCUT2D eigenvalue weighted by Crippen LogP contribution is -2.05. The van der Waals surface area contributed by atoms with Crippen molar-refractivity contribution in [3.63, 3.8) is 0 Å². The summed E-state index contributed by atoms with van der Waals surface area (Å²) in [6.45, 7) is 1.34. The third kappa shape index (κ3) is 2.74. The molecular formula is C17H14O5. The number of ether oxygens (including phenoxy) is 2. The van der Waals surface area contributed by atoms with E-state index in [1.54, 1.807) is 24.3 Å². The van der Waals surface area contributed by atoms with E-state index in [1.165, 1.54) is 19.1 Å². The molecule has 0 amide bonds. The first-order valence-corrected chi connectivity index (χ1v) is 6.74. The number of rotatable bonds is 2. The van der Waals surface area contributed by atoms with E-state index < -0.39 is 0 Å². The molecule has 0 bridgehead atoms. The summed E-state index contributed by atoms with van der Waals surface area (Å²) >= 11 is 0. The van der Waals surface area contributed by atoms with Crippen LogP contribution in [0.25, 0.3) is 5.76 Å². The van der Waals surface area contributed by atoms with Gasteiger partial charge in [0.25, 0.3) is 0 Å². The Kier molecular flexibility index (Phi) is 3.47. The van der Waals surface area contributed by atoms with Gasteiger partial charge in [0.1, 0.15) is 28.8 Å². The van der Waals surface area contributed by atoms with Crippen molar-refractivity contribution in [2.24, 2.45) is 0 Å². The molecule has 1 heterocycles. The molecule has 0 atom stereocenters. The normalized spacial score (nSPS) is 12.9. The third-order valence-electron chi connectivity index (χ3n) is 3.28. The smallest absolute Gasteiger partial charge is 0.308 e. The average Bonchev–Trinajstić information content (AvgIpc) is 2.46. The van der Waals surface area contributed by atoms with Crippen molar-refractivity contribution in [2.75, 3.05) is 0 Å². The van der Waals surface area contributed by atoms with Crippen molar-refractivity contribution in [1.82, 2.24) is 0 Å². The molecule has 112 valence electrons. The Labute approximate surface area is 127 Å². The Bertz CT molecular complexity index is 759. The standard InChI is InChI=1S/C17H14O5/c1-10(18)21-13-4-2-11(3-5-13)16-7-6-14-15(20)8-12(19)9-17(14)22-16/h2-5,7-9,19-20H,6H2,1H3. The van der Waals surface area contributed by atoms with Gasteiger partial charge in [-0.05, 0) is 30.3 Å². The van der Waals surface area contributed by atoms with Crippen LogP contribution in [-0.2, 0) is 11.2 Å². The molecule has 0 spiro atoms. The zero-order chi connectivity index (χ0) is 15.7. The zero-order valence-corrected chi connectivity index (χ0v) is 11.9. The van der Waals surface area contributed by atoms with E-state index in [-0.39, 0.29) is 17.5 Å². The Balaban J connectivity index is 1.85. The number of carbonyl (C=O) groups excluding carboxylic acids is 1. The second-order valence-corrected chi connectivity index (χ2v) is 4.93. The first-order chi connectivity index (χ1) is 10.5. The number of aromatic hydroxyl groups is 2. The zero-order valence-electron chi connectivity index (χ0n) is 11.9. The van der Waals surface area contributed by atoms with E-state index in [4.69, 9.17) is 9.47 Å². The summed E-state index contributed by atoms with van der Waals surface area (Å²) in [6.07, 6.45) is 2.35. The second kappa shape index (κ2) is 5.44. The van der Waals surface area contributed by atoms with Crippen LogP contribution in [0.3, 0.4) is 0 Å². The molecule has 2 aromatic carbocycles. The van der Waals surface area contributed by atoms with E-state index in [0.29, 0.717) is 29.2 Å². The maximum absolute atomic E-state index is 10.9. The lowest BCUT2D eigenvalue weighted by molar-refractivity contribution is -0.131. The highest BCUT2D eigenvalue weighted by Crippen LogP contribution is 2.39. The van der Waals surface area contributed by atoms with E-state index in [2.05, 4.69) is 0 Å². The summed E-state index contributed by atoms with van der Waals surface area (Å²) in [5.41, 5.74) is 1.45. The third-order valence-corrected chi connectivity index (χ3v) is 3.28. The fraction of sp³-hybridized carbons (Fsp3) is 0.118.